The van der Waals surface area contributed by atoms with Gasteiger partial charge in [-0.2, -0.15) is 5.10 Å². The first-order valence-corrected chi connectivity index (χ1v) is 14.4. The molecule has 0 N–H and O–H groups in total. The van der Waals surface area contributed by atoms with Crippen LogP contribution in [0.4, 0.5) is 0 Å². The highest BCUT2D eigenvalue weighted by atomic mass is 16.7. The van der Waals surface area contributed by atoms with Gasteiger partial charge < -0.3 is 19.1 Å². The zero-order valence-corrected chi connectivity index (χ0v) is 23.4. The Morgan fingerprint density at radius 2 is 1.80 bits per heavy atom. The Balaban J connectivity index is 1.25. The minimum Gasteiger partial charge on any atom is -0.454 e. The minimum atomic E-state index is -0.293. The Bertz CT molecular complexity index is 1300. The molecule has 2 aromatic carbocycles. The van der Waals surface area contributed by atoms with E-state index >= 15 is 0 Å². The van der Waals surface area contributed by atoms with Crippen molar-refractivity contribution < 1.29 is 23.8 Å². The number of hydrazone groups is 1. The average Bonchev–Trinajstić information content (AvgIpc) is 3.59. The molecule has 0 radical (unpaired) electrons. The van der Waals surface area contributed by atoms with Gasteiger partial charge >= 0.3 is 0 Å². The van der Waals surface area contributed by atoms with E-state index in [1.165, 1.54) is 11.1 Å². The van der Waals surface area contributed by atoms with E-state index in [4.69, 9.17) is 19.3 Å². The van der Waals surface area contributed by atoms with Crippen molar-refractivity contribution in [3.8, 4) is 11.5 Å². The molecule has 4 aliphatic rings. The van der Waals surface area contributed by atoms with E-state index in [1.54, 1.807) is 9.91 Å². The average molecular weight is 547 g/mol. The van der Waals surface area contributed by atoms with Gasteiger partial charge in [0, 0.05) is 38.5 Å². The summed E-state index contributed by atoms with van der Waals surface area (Å²) in [6.45, 7) is 8.75. The largest absolute Gasteiger partial charge is 0.454 e. The summed E-state index contributed by atoms with van der Waals surface area (Å²) in [5, 5.41) is 6.48. The molecule has 2 aromatic rings. The molecule has 1 aliphatic carbocycles. The Kier molecular flexibility index (Phi) is 7.76. The summed E-state index contributed by atoms with van der Waals surface area (Å²) in [6, 6.07) is 11.8. The van der Waals surface area contributed by atoms with Crippen LogP contribution in [0.5, 0.6) is 11.5 Å². The minimum absolute atomic E-state index is 0.0183. The van der Waals surface area contributed by atoms with Gasteiger partial charge in [0.15, 0.2) is 11.5 Å². The number of hydrogen-bond donors (Lipinski definition) is 0. The number of benzene rings is 2. The summed E-state index contributed by atoms with van der Waals surface area (Å²) in [5.41, 5.74) is 5.21. The zero-order valence-electron chi connectivity index (χ0n) is 23.4. The summed E-state index contributed by atoms with van der Waals surface area (Å²) in [7, 11) is 0. The third-order valence-corrected chi connectivity index (χ3v) is 8.67. The number of carbonyl (C=O) groups is 2. The smallest absolute Gasteiger partial charge is 0.262 e. The fraction of sp³-hybridized carbons (Fsp3) is 0.516. The Morgan fingerprint density at radius 1 is 1.00 bits per heavy atom. The number of amides is 2. The van der Waals surface area contributed by atoms with Crippen LogP contribution in [0.25, 0.3) is 0 Å². The van der Waals surface area contributed by atoms with Gasteiger partial charge in [0.05, 0.1) is 25.0 Å². The molecule has 3 aliphatic heterocycles. The van der Waals surface area contributed by atoms with E-state index in [0.29, 0.717) is 37.7 Å². The molecule has 212 valence electrons. The van der Waals surface area contributed by atoms with E-state index in [0.717, 1.165) is 55.7 Å². The van der Waals surface area contributed by atoms with Crippen LogP contribution in [0.1, 0.15) is 54.0 Å². The molecule has 1 unspecified atom stereocenters. The highest BCUT2D eigenvalue weighted by Crippen LogP contribution is 2.39. The lowest BCUT2D eigenvalue weighted by atomic mass is 9.84. The number of carbonyl (C=O) groups excluding carboxylic acids is 2. The molecule has 1 saturated heterocycles. The van der Waals surface area contributed by atoms with Crippen LogP contribution >= 0.6 is 0 Å². The molecule has 40 heavy (non-hydrogen) atoms. The summed E-state index contributed by atoms with van der Waals surface area (Å²) in [4.78, 5) is 31.5. The number of morpholine rings is 1. The zero-order chi connectivity index (χ0) is 27.6. The van der Waals surface area contributed by atoms with Crippen LogP contribution in [0.15, 0.2) is 41.5 Å². The molecule has 3 heterocycles. The van der Waals surface area contributed by atoms with Crippen molar-refractivity contribution in [3.63, 3.8) is 0 Å². The molecule has 0 bridgehead atoms. The van der Waals surface area contributed by atoms with Crippen LogP contribution in [0.3, 0.4) is 0 Å². The Morgan fingerprint density at radius 3 is 2.55 bits per heavy atom. The molecule has 9 nitrogen and oxygen atoms in total. The normalized spacial score (nSPS) is 20.8. The molecule has 2 fully saturated rings. The van der Waals surface area contributed by atoms with E-state index < -0.39 is 0 Å². The van der Waals surface area contributed by atoms with Gasteiger partial charge in [0.2, 0.25) is 12.7 Å². The topological polar surface area (TPSA) is 83.9 Å². The molecule has 6 rings (SSSR count). The third-order valence-electron chi connectivity index (χ3n) is 8.67. The van der Waals surface area contributed by atoms with E-state index in [2.05, 4.69) is 36.9 Å². The number of hydrogen-bond acceptors (Lipinski definition) is 7. The fourth-order valence-electron chi connectivity index (χ4n) is 5.72. The molecular formula is C31H38N4O5. The van der Waals surface area contributed by atoms with Gasteiger partial charge in [-0.05, 0) is 67.1 Å². The van der Waals surface area contributed by atoms with E-state index in [-0.39, 0.29) is 37.1 Å². The lowest BCUT2D eigenvalue weighted by Gasteiger charge is -2.34. The summed E-state index contributed by atoms with van der Waals surface area (Å²) >= 11 is 0. The van der Waals surface area contributed by atoms with Gasteiger partial charge in [-0.15, -0.1) is 0 Å². The highest BCUT2D eigenvalue weighted by molar-refractivity contribution is 6.03. The first kappa shape index (κ1) is 26.8. The number of ether oxygens (including phenoxy) is 3. The standard InChI is InChI=1S/C31H38N4O5/c1-21-6-7-24(16-22(21)2)26-18-27(25-8-9-28-29(17-25)40-20-39-28)35(32-26)30(36)19-34(31(37)23-4-3-5-23)11-10-33-12-14-38-15-13-33/h6-9,16-17,23,27H,3-5,10-15,18-20H2,1-2H3. The van der Waals surface area contributed by atoms with Gasteiger partial charge in [-0.1, -0.05) is 24.6 Å². The van der Waals surface area contributed by atoms with Crippen molar-refractivity contribution >= 4 is 17.5 Å². The lowest BCUT2D eigenvalue weighted by Crippen LogP contribution is -2.49. The molecule has 1 atom stereocenters. The predicted octanol–water partition coefficient (Wildman–Crippen LogP) is 3.67. The SMILES string of the molecule is Cc1ccc(C2=NN(C(=O)CN(CCN3CCOCC3)C(=O)C3CCC3)C(c3ccc4c(c3)OCO4)C2)cc1C. The second-order valence-corrected chi connectivity index (χ2v) is 11.3. The molecule has 2 amide bonds. The summed E-state index contributed by atoms with van der Waals surface area (Å²) in [6.07, 6.45) is 3.46. The Hall–Kier alpha value is -3.43. The molecule has 1 saturated carbocycles. The predicted molar refractivity (Wildman–Crippen MR) is 150 cm³/mol. The van der Waals surface area contributed by atoms with Gasteiger partial charge in [0.1, 0.15) is 6.54 Å². The summed E-state index contributed by atoms with van der Waals surface area (Å²) < 4.78 is 16.6. The Labute approximate surface area is 235 Å². The maximum atomic E-state index is 14.0. The van der Waals surface area contributed by atoms with Crippen molar-refractivity contribution in [3.05, 3.63) is 58.7 Å². The second kappa shape index (κ2) is 11.6. The van der Waals surface area contributed by atoms with Gasteiger partial charge in [-0.3, -0.25) is 14.5 Å². The fourth-order valence-corrected chi connectivity index (χ4v) is 5.72. The molecule has 9 heteroatoms. The highest BCUT2D eigenvalue weighted by Gasteiger charge is 2.37. The molecular weight excluding hydrogens is 508 g/mol. The van der Waals surface area contributed by atoms with Crippen LogP contribution in [-0.2, 0) is 14.3 Å². The lowest BCUT2D eigenvalue weighted by molar-refractivity contribution is -0.145. The third kappa shape index (κ3) is 5.58. The molecule has 0 aromatic heterocycles. The quantitative estimate of drug-likeness (QED) is 0.503. The van der Waals surface area contributed by atoms with Gasteiger partial charge in [0.25, 0.3) is 5.91 Å². The number of rotatable bonds is 8. The summed E-state index contributed by atoms with van der Waals surface area (Å²) in [5.74, 6) is 1.32. The monoisotopic (exact) mass is 546 g/mol. The number of fused-ring (bicyclic) bond motifs is 1. The maximum Gasteiger partial charge on any atom is 0.262 e. The maximum absolute atomic E-state index is 14.0. The van der Waals surface area contributed by atoms with Crippen LogP contribution in [-0.4, -0.2) is 85.1 Å². The van der Waals surface area contributed by atoms with Gasteiger partial charge in [-0.25, -0.2) is 5.01 Å². The first-order valence-electron chi connectivity index (χ1n) is 14.4. The van der Waals surface area contributed by atoms with Crippen molar-refractivity contribution in [2.75, 3.05) is 52.7 Å². The number of nitrogens with zero attached hydrogens (tertiary/aromatic N) is 4. The van der Waals surface area contributed by atoms with Crippen molar-refractivity contribution in [2.24, 2.45) is 11.0 Å². The second-order valence-electron chi connectivity index (χ2n) is 11.3. The van der Waals surface area contributed by atoms with Crippen LogP contribution in [0.2, 0.25) is 0 Å². The first-order chi connectivity index (χ1) is 19.5. The van der Waals surface area contributed by atoms with Crippen molar-refractivity contribution in [2.45, 2.75) is 45.6 Å². The van der Waals surface area contributed by atoms with E-state index in [9.17, 15) is 9.59 Å². The van der Waals surface area contributed by atoms with Crippen molar-refractivity contribution in [1.29, 1.82) is 0 Å². The van der Waals surface area contributed by atoms with Crippen molar-refractivity contribution in [1.82, 2.24) is 14.8 Å². The molecule has 0 spiro atoms. The van der Waals surface area contributed by atoms with Crippen LogP contribution < -0.4 is 9.47 Å². The number of aryl methyl sites for hydroxylation is 2. The van der Waals surface area contributed by atoms with E-state index in [1.807, 2.05) is 18.2 Å². The van der Waals surface area contributed by atoms with Crippen LogP contribution in [0, 0.1) is 19.8 Å².